The van der Waals surface area contributed by atoms with Crippen LogP contribution in [0.4, 0.5) is 0 Å². The summed E-state index contributed by atoms with van der Waals surface area (Å²) in [4.78, 5) is 28.4. The SMILES string of the molecule is Cc1ccccc1-c1nc(C(=O)NC(Cc2ccc(Cl)cc2)C(=O)O)cs1. The molecule has 0 radical (unpaired) electrons. The largest absolute Gasteiger partial charge is 0.480 e. The zero-order chi connectivity index (χ0) is 19.4. The number of carbonyl (C=O) groups excluding carboxylic acids is 1. The lowest BCUT2D eigenvalue weighted by atomic mass is 10.1. The van der Waals surface area contributed by atoms with E-state index in [0.717, 1.165) is 21.7 Å². The van der Waals surface area contributed by atoms with Crippen molar-refractivity contribution in [3.63, 3.8) is 0 Å². The van der Waals surface area contributed by atoms with Crippen molar-refractivity contribution >= 4 is 34.8 Å². The summed E-state index contributed by atoms with van der Waals surface area (Å²) < 4.78 is 0. The highest BCUT2D eigenvalue weighted by molar-refractivity contribution is 7.13. The second-order valence-corrected chi connectivity index (χ2v) is 7.34. The molecule has 27 heavy (non-hydrogen) atoms. The Morgan fingerprint density at radius 1 is 1.19 bits per heavy atom. The van der Waals surface area contributed by atoms with E-state index in [2.05, 4.69) is 10.3 Å². The molecule has 3 aromatic rings. The summed E-state index contributed by atoms with van der Waals surface area (Å²) in [5, 5.41) is 14.9. The average molecular weight is 401 g/mol. The quantitative estimate of drug-likeness (QED) is 0.650. The van der Waals surface area contributed by atoms with Crippen molar-refractivity contribution in [3.8, 4) is 10.6 Å². The molecule has 2 N–H and O–H groups in total. The highest BCUT2D eigenvalue weighted by Gasteiger charge is 2.22. The van der Waals surface area contributed by atoms with Gasteiger partial charge in [-0.3, -0.25) is 4.79 Å². The van der Waals surface area contributed by atoms with Crippen LogP contribution in [0.3, 0.4) is 0 Å². The van der Waals surface area contributed by atoms with E-state index in [4.69, 9.17) is 11.6 Å². The first-order valence-corrected chi connectivity index (χ1v) is 9.49. The van der Waals surface area contributed by atoms with Gasteiger partial charge in [-0.25, -0.2) is 9.78 Å². The molecule has 7 heteroatoms. The van der Waals surface area contributed by atoms with Crippen molar-refractivity contribution in [2.24, 2.45) is 0 Å². The fourth-order valence-corrected chi connectivity index (χ4v) is 3.62. The third kappa shape index (κ3) is 4.72. The standard InChI is InChI=1S/C20H17ClN2O3S/c1-12-4-2-3-5-15(12)19-23-17(11-27-19)18(24)22-16(20(25)26)10-13-6-8-14(21)9-7-13/h2-9,11,16H,10H2,1H3,(H,22,24)(H,25,26). The van der Waals surface area contributed by atoms with Crippen LogP contribution in [0.2, 0.25) is 5.02 Å². The minimum absolute atomic E-state index is 0.160. The maximum Gasteiger partial charge on any atom is 0.326 e. The number of hydrogen-bond donors (Lipinski definition) is 2. The molecule has 2 aromatic carbocycles. The van der Waals surface area contributed by atoms with Gasteiger partial charge in [-0.1, -0.05) is 48.0 Å². The van der Waals surface area contributed by atoms with Crippen LogP contribution in [-0.4, -0.2) is 28.0 Å². The summed E-state index contributed by atoms with van der Waals surface area (Å²) in [6.45, 7) is 1.98. The minimum Gasteiger partial charge on any atom is -0.480 e. The molecule has 1 heterocycles. The van der Waals surface area contributed by atoms with Crippen molar-refractivity contribution in [2.45, 2.75) is 19.4 Å². The number of carbonyl (C=O) groups is 2. The van der Waals surface area contributed by atoms with Gasteiger partial charge in [0.1, 0.15) is 16.7 Å². The summed E-state index contributed by atoms with van der Waals surface area (Å²) >= 11 is 7.20. The monoisotopic (exact) mass is 400 g/mol. The molecule has 1 unspecified atom stereocenters. The Labute approximate surface area is 165 Å². The highest BCUT2D eigenvalue weighted by Crippen LogP contribution is 2.26. The first-order chi connectivity index (χ1) is 12.9. The van der Waals surface area contributed by atoms with E-state index in [0.29, 0.717) is 5.02 Å². The number of benzene rings is 2. The Morgan fingerprint density at radius 2 is 1.89 bits per heavy atom. The van der Waals surface area contributed by atoms with E-state index >= 15 is 0 Å². The molecular weight excluding hydrogens is 384 g/mol. The third-order valence-electron chi connectivity index (χ3n) is 4.07. The molecule has 1 atom stereocenters. The number of carboxylic acid groups (broad SMARTS) is 1. The lowest BCUT2D eigenvalue weighted by Gasteiger charge is -2.14. The lowest BCUT2D eigenvalue weighted by molar-refractivity contribution is -0.139. The maximum absolute atomic E-state index is 12.5. The van der Waals surface area contributed by atoms with Gasteiger partial charge in [-0.15, -0.1) is 11.3 Å². The van der Waals surface area contributed by atoms with E-state index in [1.807, 2.05) is 31.2 Å². The first kappa shape index (κ1) is 19.1. The molecular formula is C20H17ClN2O3S. The molecule has 0 spiro atoms. The summed E-state index contributed by atoms with van der Waals surface area (Å²) in [5.74, 6) is -1.61. The van der Waals surface area contributed by atoms with Gasteiger partial charge in [0.15, 0.2) is 0 Å². The van der Waals surface area contributed by atoms with Gasteiger partial charge in [0, 0.05) is 22.4 Å². The number of hydrogen-bond acceptors (Lipinski definition) is 4. The van der Waals surface area contributed by atoms with Gasteiger partial charge in [0.05, 0.1) is 0 Å². The summed E-state index contributed by atoms with van der Waals surface area (Å²) in [6.07, 6.45) is 0.160. The molecule has 5 nitrogen and oxygen atoms in total. The smallest absolute Gasteiger partial charge is 0.326 e. The molecule has 0 saturated carbocycles. The molecule has 0 saturated heterocycles. The number of aliphatic carboxylic acids is 1. The van der Waals surface area contributed by atoms with Crippen LogP contribution in [0.25, 0.3) is 10.6 Å². The van der Waals surface area contributed by atoms with Crippen LogP contribution < -0.4 is 5.32 Å². The molecule has 0 fully saturated rings. The zero-order valence-corrected chi connectivity index (χ0v) is 16.1. The number of aryl methyl sites for hydroxylation is 1. The van der Waals surface area contributed by atoms with Gasteiger partial charge in [-0.05, 0) is 30.2 Å². The Hall–Kier alpha value is -2.70. The number of halogens is 1. The van der Waals surface area contributed by atoms with Gasteiger partial charge < -0.3 is 10.4 Å². The number of aromatic nitrogens is 1. The molecule has 0 bridgehead atoms. The van der Waals surface area contributed by atoms with Crippen molar-refractivity contribution < 1.29 is 14.7 Å². The van der Waals surface area contributed by atoms with Gasteiger partial charge in [-0.2, -0.15) is 0 Å². The number of amides is 1. The van der Waals surface area contributed by atoms with E-state index in [9.17, 15) is 14.7 Å². The minimum atomic E-state index is -1.10. The fourth-order valence-electron chi connectivity index (χ4n) is 2.60. The van der Waals surface area contributed by atoms with Crippen molar-refractivity contribution in [3.05, 3.63) is 75.8 Å². The van der Waals surface area contributed by atoms with E-state index in [1.54, 1.807) is 29.6 Å². The Bertz CT molecular complexity index is 969. The lowest BCUT2D eigenvalue weighted by Crippen LogP contribution is -2.42. The number of thiazole rings is 1. The molecule has 3 rings (SSSR count). The molecule has 0 aliphatic rings. The van der Waals surface area contributed by atoms with Crippen LogP contribution in [0.1, 0.15) is 21.6 Å². The Balaban J connectivity index is 1.74. The van der Waals surface area contributed by atoms with Crippen molar-refractivity contribution in [1.29, 1.82) is 0 Å². The van der Waals surface area contributed by atoms with Gasteiger partial charge in [0.25, 0.3) is 5.91 Å². The van der Waals surface area contributed by atoms with Crippen molar-refractivity contribution in [1.82, 2.24) is 10.3 Å². The van der Waals surface area contributed by atoms with Crippen LogP contribution >= 0.6 is 22.9 Å². The molecule has 1 aromatic heterocycles. The Kier molecular flexibility index (Phi) is 5.88. The van der Waals surface area contributed by atoms with Gasteiger partial charge in [0.2, 0.25) is 0 Å². The maximum atomic E-state index is 12.5. The third-order valence-corrected chi connectivity index (χ3v) is 5.20. The van der Waals surface area contributed by atoms with Gasteiger partial charge >= 0.3 is 5.97 Å². The average Bonchev–Trinajstić information content (AvgIpc) is 3.13. The topological polar surface area (TPSA) is 79.3 Å². The Morgan fingerprint density at radius 3 is 2.56 bits per heavy atom. The molecule has 138 valence electrons. The zero-order valence-electron chi connectivity index (χ0n) is 14.5. The fraction of sp³-hybridized carbons (Fsp3) is 0.150. The normalized spacial score (nSPS) is 11.8. The van der Waals surface area contributed by atoms with Crippen LogP contribution in [0, 0.1) is 6.92 Å². The number of nitrogens with zero attached hydrogens (tertiary/aromatic N) is 1. The molecule has 0 aliphatic carbocycles. The van der Waals surface area contributed by atoms with E-state index in [1.165, 1.54) is 11.3 Å². The van der Waals surface area contributed by atoms with Crippen molar-refractivity contribution in [2.75, 3.05) is 0 Å². The van der Waals surface area contributed by atoms with E-state index in [-0.39, 0.29) is 12.1 Å². The van der Waals surface area contributed by atoms with E-state index < -0.39 is 17.9 Å². The first-order valence-electron chi connectivity index (χ1n) is 8.23. The second kappa shape index (κ2) is 8.33. The van der Waals surface area contributed by atoms with Crippen LogP contribution in [0.5, 0.6) is 0 Å². The highest BCUT2D eigenvalue weighted by atomic mass is 35.5. The predicted octanol–water partition coefficient (Wildman–Crippen LogP) is 4.20. The predicted molar refractivity (Wildman–Crippen MR) is 106 cm³/mol. The van der Waals surface area contributed by atoms with Crippen LogP contribution in [0.15, 0.2) is 53.9 Å². The number of nitrogens with one attached hydrogen (secondary N) is 1. The second-order valence-electron chi connectivity index (χ2n) is 6.05. The molecule has 0 aliphatic heterocycles. The molecule has 1 amide bonds. The summed E-state index contributed by atoms with van der Waals surface area (Å²) in [6, 6.07) is 13.6. The number of rotatable bonds is 6. The summed E-state index contributed by atoms with van der Waals surface area (Å²) in [5.41, 5.74) is 2.99. The number of carboxylic acids is 1. The summed E-state index contributed by atoms with van der Waals surface area (Å²) in [7, 11) is 0. The van der Waals surface area contributed by atoms with Crippen LogP contribution in [-0.2, 0) is 11.2 Å².